The van der Waals surface area contributed by atoms with Crippen LogP contribution in [0.2, 0.25) is 5.02 Å². The van der Waals surface area contributed by atoms with E-state index in [1.54, 1.807) is 17.0 Å². The summed E-state index contributed by atoms with van der Waals surface area (Å²) in [5.74, 6) is -0.353. The molecule has 0 saturated carbocycles. The van der Waals surface area contributed by atoms with Crippen LogP contribution in [0.4, 0.5) is 14.9 Å². The molecule has 0 spiro atoms. The van der Waals surface area contributed by atoms with Crippen molar-refractivity contribution < 1.29 is 9.18 Å². The van der Waals surface area contributed by atoms with Crippen molar-refractivity contribution in [2.24, 2.45) is 0 Å². The van der Waals surface area contributed by atoms with Crippen molar-refractivity contribution in [3.05, 3.63) is 119 Å². The van der Waals surface area contributed by atoms with Gasteiger partial charge in [0.05, 0.1) is 17.9 Å². The van der Waals surface area contributed by atoms with E-state index in [4.69, 9.17) is 11.6 Å². The third kappa shape index (κ3) is 3.57. The van der Waals surface area contributed by atoms with Crippen molar-refractivity contribution >= 4 is 23.3 Å². The summed E-state index contributed by atoms with van der Waals surface area (Å²) >= 11 is 6.59. The first-order valence-electron chi connectivity index (χ1n) is 9.95. The van der Waals surface area contributed by atoms with Crippen LogP contribution in [-0.4, -0.2) is 15.5 Å². The molecule has 4 nitrogen and oxygen atoms in total. The largest absolute Gasteiger partial charge is 0.322 e. The van der Waals surface area contributed by atoms with E-state index in [-0.39, 0.29) is 11.8 Å². The van der Waals surface area contributed by atoms with Gasteiger partial charge in [0.15, 0.2) is 0 Å². The Bertz CT molecular complexity index is 1250. The standard InChI is InChI=1S/C25H19ClFN3O/c26-21-8-3-2-7-20(21)24-23-10-5-15-29(23)22-9-4-1-6-17(22)16-30(24)25(31)28-19-13-11-18(27)12-14-19/h1-15,24H,16H2,(H,28,31)/t24-/m0/s1. The number of aromatic nitrogens is 1. The fourth-order valence-corrected chi connectivity index (χ4v) is 4.33. The molecule has 154 valence electrons. The second-order valence-electron chi connectivity index (χ2n) is 7.42. The fourth-order valence-electron chi connectivity index (χ4n) is 4.09. The number of anilines is 1. The van der Waals surface area contributed by atoms with Crippen LogP contribution in [0.1, 0.15) is 22.9 Å². The van der Waals surface area contributed by atoms with Crippen LogP contribution >= 0.6 is 11.6 Å². The highest BCUT2D eigenvalue weighted by atomic mass is 35.5. The van der Waals surface area contributed by atoms with Gasteiger partial charge in [-0.3, -0.25) is 0 Å². The zero-order chi connectivity index (χ0) is 21.4. The van der Waals surface area contributed by atoms with Crippen molar-refractivity contribution in [2.75, 3.05) is 5.32 Å². The smallest absolute Gasteiger partial charge is 0.318 e. The van der Waals surface area contributed by atoms with E-state index in [0.717, 1.165) is 22.5 Å². The average molecular weight is 432 g/mol. The minimum atomic E-state index is -0.406. The number of amides is 2. The van der Waals surface area contributed by atoms with E-state index < -0.39 is 6.04 Å². The molecule has 0 unspecified atom stereocenters. The van der Waals surface area contributed by atoms with E-state index in [0.29, 0.717) is 17.3 Å². The Morgan fingerprint density at radius 3 is 2.48 bits per heavy atom. The fraction of sp³-hybridized carbons (Fsp3) is 0.0800. The summed E-state index contributed by atoms with van der Waals surface area (Å²) in [5.41, 5.74) is 4.34. The van der Waals surface area contributed by atoms with E-state index in [2.05, 4.69) is 9.88 Å². The van der Waals surface area contributed by atoms with Gasteiger partial charge in [-0.15, -0.1) is 0 Å². The summed E-state index contributed by atoms with van der Waals surface area (Å²) in [6, 6.07) is 24.6. The molecule has 1 N–H and O–H groups in total. The summed E-state index contributed by atoms with van der Waals surface area (Å²) in [7, 11) is 0. The number of nitrogens with one attached hydrogen (secondary N) is 1. The van der Waals surface area contributed by atoms with E-state index in [1.807, 2.05) is 66.9 Å². The highest BCUT2D eigenvalue weighted by Crippen LogP contribution is 2.39. The topological polar surface area (TPSA) is 37.3 Å². The van der Waals surface area contributed by atoms with Crippen molar-refractivity contribution in [3.63, 3.8) is 0 Å². The maximum Gasteiger partial charge on any atom is 0.322 e. The highest BCUT2D eigenvalue weighted by Gasteiger charge is 2.34. The molecule has 2 heterocycles. The van der Waals surface area contributed by atoms with Gasteiger partial charge < -0.3 is 14.8 Å². The summed E-state index contributed by atoms with van der Waals surface area (Å²) < 4.78 is 15.4. The number of nitrogens with zero attached hydrogens (tertiary/aromatic N) is 2. The summed E-state index contributed by atoms with van der Waals surface area (Å²) in [5, 5.41) is 3.50. The molecule has 3 aromatic carbocycles. The lowest BCUT2D eigenvalue weighted by atomic mass is 10.0. The number of hydrogen-bond donors (Lipinski definition) is 1. The molecule has 0 radical (unpaired) electrons. The number of urea groups is 1. The first kappa shape index (κ1) is 19.4. The van der Waals surface area contributed by atoms with Gasteiger partial charge in [0.2, 0.25) is 0 Å². The maximum atomic E-state index is 13.5. The van der Waals surface area contributed by atoms with Gasteiger partial charge in [-0.25, -0.2) is 9.18 Å². The lowest BCUT2D eigenvalue weighted by molar-refractivity contribution is 0.194. The first-order chi connectivity index (χ1) is 15.1. The molecule has 1 aliphatic rings. The molecular formula is C25H19ClFN3O. The average Bonchev–Trinajstić information content (AvgIpc) is 3.21. The Hall–Kier alpha value is -3.57. The lowest BCUT2D eigenvalue weighted by Gasteiger charge is -2.31. The van der Waals surface area contributed by atoms with Crippen molar-refractivity contribution in [3.8, 4) is 5.69 Å². The molecule has 0 bridgehead atoms. The van der Waals surface area contributed by atoms with Crippen LogP contribution < -0.4 is 5.32 Å². The Balaban J connectivity index is 1.64. The van der Waals surface area contributed by atoms with Gasteiger partial charge in [0.1, 0.15) is 11.9 Å². The van der Waals surface area contributed by atoms with Crippen LogP contribution in [0.25, 0.3) is 5.69 Å². The van der Waals surface area contributed by atoms with Gasteiger partial charge in [-0.1, -0.05) is 48.0 Å². The predicted octanol–water partition coefficient (Wildman–Crippen LogP) is 6.41. The van der Waals surface area contributed by atoms with Gasteiger partial charge in [-0.2, -0.15) is 0 Å². The van der Waals surface area contributed by atoms with Crippen molar-refractivity contribution in [1.29, 1.82) is 0 Å². The third-order valence-corrected chi connectivity index (χ3v) is 5.86. The molecule has 4 aromatic rings. The number of fused-ring (bicyclic) bond motifs is 3. The van der Waals surface area contributed by atoms with Crippen LogP contribution in [0.3, 0.4) is 0 Å². The summed E-state index contributed by atoms with van der Waals surface area (Å²) in [6.07, 6.45) is 2.00. The van der Waals surface area contributed by atoms with Gasteiger partial charge in [0, 0.05) is 16.9 Å². The van der Waals surface area contributed by atoms with Crippen LogP contribution in [-0.2, 0) is 6.54 Å². The number of rotatable bonds is 2. The lowest BCUT2D eigenvalue weighted by Crippen LogP contribution is -2.38. The zero-order valence-electron chi connectivity index (χ0n) is 16.5. The molecule has 6 heteroatoms. The monoisotopic (exact) mass is 431 g/mol. The summed E-state index contributed by atoms with van der Waals surface area (Å²) in [4.78, 5) is 15.3. The van der Waals surface area contributed by atoms with Crippen LogP contribution in [0.15, 0.2) is 91.1 Å². The van der Waals surface area contributed by atoms with Crippen LogP contribution in [0, 0.1) is 5.82 Å². The molecule has 2 amide bonds. The number of carbonyl (C=O) groups is 1. The molecule has 31 heavy (non-hydrogen) atoms. The molecule has 1 atom stereocenters. The maximum absolute atomic E-state index is 13.5. The van der Waals surface area contributed by atoms with Gasteiger partial charge >= 0.3 is 6.03 Å². The number of hydrogen-bond acceptors (Lipinski definition) is 1. The minimum Gasteiger partial charge on any atom is -0.318 e. The van der Waals surface area contributed by atoms with Crippen LogP contribution in [0.5, 0.6) is 0 Å². The molecular weight excluding hydrogens is 413 g/mol. The number of benzene rings is 3. The van der Waals surface area contributed by atoms with Crippen molar-refractivity contribution in [2.45, 2.75) is 12.6 Å². The predicted molar refractivity (Wildman–Crippen MR) is 120 cm³/mol. The SMILES string of the molecule is O=C(Nc1ccc(F)cc1)N1Cc2ccccc2-n2cccc2[C@@H]1c1ccccc1Cl. The molecule has 1 aromatic heterocycles. The molecule has 5 rings (SSSR count). The zero-order valence-corrected chi connectivity index (χ0v) is 17.3. The number of carbonyl (C=O) groups excluding carboxylic acids is 1. The molecule has 0 aliphatic carbocycles. The quantitative estimate of drug-likeness (QED) is 0.391. The molecule has 0 fully saturated rings. The molecule has 0 saturated heterocycles. The minimum absolute atomic E-state index is 0.291. The van der Waals surface area contributed by atoms with E-state index >= 15 is 0 Å². The Kier molecular flexibility index (Phi) is 4.96. The third-order valence-electron chi connectivity index (χ3n) is 5.52. The van der Waals surface area contributed by atoms with Gasteiger partial charge in [0.25, 0.3) is 0 Å². The van der Waals surface area contributed by atoms with E-state index in [1.165, 1.54) is 12.1 Å². The van der Waals surface area contributed by atoms with Gasteiger partial charge in [-0.05, 0) is 59.7 Å². The van der Waals surface area contributed by atoms with Crippen molar-refractivity contribution in [1.82, 2.24) is 9.47 Å². The highest BCUT2D eigenvalue weighted by molar-refractivity contribution is 6.31. The second-order valence-corrected chi connectivity index (χ2v) is 7.83. The van der Waals surface area contributed by atoms with E-state index in [9.17, 15) is 9.18 Å². The first-order valence-corrected chi connectivity index (χ1v) is 10.3. The summed E-state index contributed by atoms with van der Waals surface area (Å²) in [6.45, 7) is 0.390. The Labute approximate surface area is 184 Å². The normalized spacial score (nSPS) is 15.0. The second kappa shape index (κ2) is 7.93. The number of halogens is 2. The Morgan fingerprint density at radius 1 is 0.935 bits per heavy atom. The molecule has 1 aliphatic heterocycles. The Morgan fingerprint density at radius 2 is 1.68 bits per heavy atom. The number of para-hydroxylation sites is 1.